The van der Waals surface area contributed by atoms with Gasteiger partial charge in [0.2, 0.25) is 11.8 Å². The number of nitrogens with one attached hydrogen (secondary N) is 1. The number of amides is 3. The van der Waals surface area contributed by atoms with Crippen molar-refractivity contribution in [2.75, 3.05) is 44.2 Å². The van der Waals surface area contributed by atoms with Crippen LogP contribution in [0.25, 0.3) is 0 Å². The molecule has 174 valence electrons. The molecule has 2 aromatic rings. The number of carbonyl (C=O) groups is 3. The van der Waals surface area contributed by atoms with Crippen molar-refractivity contribution >= 4 is 23.4 Å². The van der Waals surface area contributed by atoms with Gasteiger partial charge in [-0.25, -0.2) is 0 Å². The zero-order valence-electron chi connectivity index (χ0n) is 19.2. The van der Waals surface area contributed by atoms with Crippen LogP contribution in [0, 0.1) is 0 Å². The Hall–Kier alpha value is -3.35. The minimum atomic E-state index is 0.0205. The molecule has 7 nitrogen and oxygen atoms in total. The summed E-state index contributed by atoms with van der Waals surface area (Å²) in [5.74, 6) is 0.133. The predicted molar refractivity (Wildman–Crippen MR) is 128 cm³/mol. The summed E-state index contributed by atoms with van der Waals surface area (Å²) in [6.45, 7) is 5.43. The molecule has 0 atom stereocenters. The number of carbonyl (C=O) groups excluding carboxylic acids is 3. The molecule has 33 heavy (non-hydrogen) atoms. The van der Waals surface area contributed by atoms with E-state index in [1.807, 2.05) is 59.5 Å². The van der Waals surface area contributed by atoms with E-state index in [-0.39, 0.29) is 23.8 Å². The van der Waals surface area contributed by atoms with Gasteiger partial charge in [-0.15, -0.1) is 0 Å². The van der Waals surface area contributed by atoms with Gasteiger partial charge in [0.05, 0.1) is 12.0 Å². The Balaban J connectivity index is 1.33. The fourth-order valence-electron chi connectivity index (χ4n) is 4.65. The average molecular weight is 449 g/mol. The molecule has 4 rings (SSSR count). The summed E-state index contributed by atoms with van der Waals surface area (Å²) in [5.41, 5.74) is 2.68. The van der Waals surface area contributed by atoms with Crippen LogP contribution < -0.4 is 10.2 Å². The molecular weight excluding hydrogens is 416 g/mol. The topological polar surface area (TPSA) is 73.0 Å². The molecular formula is C26H32N4O3. The van der Waals surface area contributed by atoms with E-state index in [0.717, 1.165) is 37.2 Å². The maximum Gasteiger partial charge on any atom is 0.256 e. The number of para-hydroxylation sites is 1. The van der Waals surface area contributed by atoms with E-state index in [4.69, 9.17) is 0 Å². The van der Waals surface area contributed by atoms with Gasteiger partial charge < -0.3 is 20.0 Å². The number of piperazine rings is 1. The molecule has 0 radical (unpaired) electrons. The third-order valence-electron chi connectivity index (χ3n) is 6.55. The number of rotatable bonds is 5. The second-order valence-electron chi connectivity index (χ2n) is 8.81. The lowest BCUT2D eigenvalue weighted by molar-refractivity contribution is -0.130. The van der Waals surface area contributed by atoms with Crippen molar-refractivity contribution in [3.63, 3.8) is 0 Å². The molecule has 1 N–H and O–H groups in total. The van der Waals surface area contributed by atoms with Crippen molar-refractivity contribution in [3.05, 3.63) is 65.7 Å². The molecule has 3 amide bonds. The number of benzene rings is 2. The monoisotopic (exact) mass is 448 g/mol. The Morgan fingerprint density at radius 2 is 1.42 bits per heavy atom. The van der Waals surface area contributed by atoms with Crippen molar-refractivity contribution in [2.45, 2.75) is 32.2 Å². The minimum absolute atomic E-state index is 0.0205. The average Bonchev–Trinajstić information content (AvgIpc) is 2.85. The summed E-state index contributed by atoms with van der Waals surface area (Å²) in [6, 6.07) is 17.7. The van der Waals surface area contributed by atoms with Crippen molar-refractivity contribution in [1.82, 2.24) is 15.1 Å². The number of hydrogen-bond donors (Lipinski definition) is 1. The second kappa shape index (κ2) is 10.5. The summed E-state index contributed by atoms with van der Waals surface area (Å²) in [6.07, 6.45) is 2.09. The normalized spacial score (nSPS) is 17.1. The van der Waals surface area contributed by atoms with Crippen LogP contribution in [-0.4, -0.2) is 72.8 Å². The van der Waals surface area contributed by atoms with Crippen molar-refractivity contribution < 1.29 is 14.4 Å². The van der Waals surface area contributed by atoms with Crippen LogP contribution in [0.5, 0.6) is 0 Å². The number of anilines is 1. The Labute approximate surface area is 195 Å². The first-order valence-electron chi connectivity index (χ1n) is 11.7. The number of hydrogen-bond acceptors (Lipinski definition) is 4. The number of piperidine rings is 1. The second-order valence-corrected chi connectivity index (χ2v) is 8.81. The smallest absolute Gasteiger partial charge is 0.256 e. The summed E-state index contributed by atoms with van der Waals surface area (Å²) in [4.78, 5) is 43.1. The van der Waals surface area contributed by atoms with E-state index in [2.05, 4.69) is 10.2 Å². The zero-order chi connectivity index (χ0) is 23.2. The minimum Gasteiger partial charge on any atom is -0.371 e. The Morgan fingerprint density at radius 3 is 2.09 bits per heavy atom. The first-order valence-corrected chi connectivity index (χ1v) is 11.7. The predicted octanol–water partition coefficient (Wildman–Crippen LogP) is 2.32. The van der Waals surface area contributed by atoms with Crippen LogP contribution in [0.2, 0.25) is 0 Å². The zero-order valence-corrected chi connectivity index (χ0v) is 19.2. The molecule has 2 fully saturated rings. The quantitative estimate of drug-likeness (QED) is 0.762. The van der Waals surface area contributed by atoms with Crippen LogP contribution in [0.4, 0.5) is 5.69 Å². The molecule has 0 unspecified atom stereocenters. The lowest BCUT2D eigenvalue weighted by atomic mass is 10.0. The standard InChI is InChI=1S/C26H32N4O3/c1-20(31)28-15-17-30(18-16-28)26(33)23-9-5-6-10-24(23)29-13-11-22(12-14-29)27-25(32)19-21-7-3-2-4-8-21/h2-10,22H,11-19H2,1H3,(H,27,32). The maximum atomic E-state index is 13.3. The van der Waals surface area contributed by atoms with Crippen LogP contribution in [0.1, 0.15) is 35.7 Å². The van der Waals surface area contributed by atoms with Gasteiger partial charge in [-0.1, -0.05) is 42.5 Å². The van der Waals surface area contributed by atoms with E-state index in [1.165, 1.54) is 0 Å². The largest absolute Gasteiger partial charge is 0.371 e. The van der Waals surface area contributed by atoms with Gasteiger partial charge in [-0.2, -0.15) is 0 Å². The summed E-state index contributed by atoms with van der Waals surface area (Å²) in [5, 5.41) is 3.17. The Kier molecular flexibility index (Phi) is 7.27. The molecule has 0 bridgehead atoms. The molecule has 2 aliphatic rings. The fraction of sp³-hybridized carbons (Fsp3) is 0.423. The van der Waals surface area contributed by atoms with Gasteiger partial charge in [-0.3, -0.25) is 14.4 Å². The van der Waals surface area contributed by atoms with Gasteiger partial charge in [0.15, 0.2) is 0 Å². The van der Waals surface area contributed by atoms with E-state index in [9.17, 15) is 14.4 Å². The third kappa shape index (κ3) is 5.72. The SMILES string of the molecule is CC(=O)N1CCN(C(=O)c2ccccc2N2CCC(NC(=O)Cc3ccccc3)CC2)CC1. The van der Waals surface area contributed by atoms with Gasteiger partial charge in [0, 0.05) is 57.9 Å². The highest BCUT2D eigenvalue weighted by molar-refractivity contribution is 6.00. The molecule has 2 heterocycles. The van der Waals surface area contributed by atoms with E-state index >= 15 is 0 Å². The van der Waals surface area contributed by atoms with Gasteiger partial charge in [-0.05, 0) is 30.5 Å². The van der Waals surface area contributed by atoms with Crippen LogP contribution in [0.15, 0.2) is 54.6 Å². The first-order chi connectivity index (χ1) is 16.0. The fourth-order valence-corrected chi connectivity index (χ4v) is 4.65. The lowest BCUT2D eigenvalue weighted by Crippen LogP contribution is -2.50. The molecule has 0 aromatic heterocycles. The first kappa shape index (κ1) is 22.8. The Bertz CT molecular complexity index is 978. The third-order valence-corrected chi connectivity index (χ3v) is 6.55. The molecule has 2 saturated heterocycles. The molecule has 0 spiro atoms. The molecule has 0 saturated carbocycles. The van der Waals surface area contributed by atoms with Crippen molar-refractivity contribution in [1.29, 1.82) is 0 Å². The van der Waals surface area contributed by atoms with Gasteiger partial charge in [0.1, 0.15) is 0 Å². The highest BCUT2D eigenvalue weighted by Gasteiger charge is 2.28. The molecule has 2 aromatic carbocycles. The van der Waals surface area contributed by atoms with Crippen molar-refractivity contribution in [3.8, 4) is 0 Å². The van der Waals surface area contributed by atoms with E-state index < -0.39 is 0 Å². The summed E-state index contributed by atoms with van der Waals surface area (Å²) < 4.78 is 0. The van der Waals surface area contributed by atoms with E-state index in [0.29, 0.717) is 38.2 Å². The lowest BCUT2D eigenvalue weighted by Gasteiger charge is -2.37. The van der Waals surface area contributed by atoms with Crippen molar-refractivity contribution in [2.24, 2.45) is 0 Å². The van der Waals surface area contributed by atoms with Crippen LogP contribution in [0.3, 0.4) is 0 Å². The van der Waals surface area contributed by atoms with Gasteiger partial charge in [0.25, 0.3) is 5.91 Å². The molecule has 7 heteroatoms. The Morgan fingerprint density at radius 1 is 0.818 bits per heavy atom. The van der Waals surface area contributed by atoms with E-state index in [1.54, 1.807) is 11.8 Å². The van der Waals surface area contributed by atoms with Crippen LogP contribution >= 0.6 is 0 Å². The summed E-state index contributed by atoms with van der Waals surface area (Å²) in [7, 11) is 0. The molecule has 2 aliphatic heterocycles. The van der Waals surface area contributed by atoms with Gasteiger partial charge >= 0.3 is 0 Å². The molecule has 0 aliphatic carbocycles. The summed E-state index contributed by atoms with van der Waals surface area (Å²) >= 11 is 0. The number of nitrogens with zero attached hydrogens (tertiary/aromatic N) is 3. The highest BCUT2D eigenvalue weighted by Crippen LogP contribution is 2.26. The maximum absolute atomic E-state index is 13.3. The van der Waals surface area contributed by atoms with Crippen LogP contribution in [-0.2, 0) is 16.0 Å². The highest BCUT2D eigenvalue weighted by atomic mass is 16.2.